The molecular formula is C17H36N4. The zero-order chi connectivity index (χ0) is 15.4. The summed E-state index contributed by atoms with van der Waals surface area (Å²) < 4.78 is 1.81. The first-order valence-electron chi connectivity index (χ1n) is 7.72. The smallest absolute Gasteiger partial charge is 0.138 e. The zero-order valence-electron chi connectivity index (χ0n) is 14.4. The summed E-state index contributed by atoms with van der Waals surface area (Å²) in [5, 5.41) is 3.99. The Morgan fingerprint density at radius 3 is 1.71 bits per heavy atom. The minimum Gasteiger partial charge on any atom is -0.298 e. The van der Waals surface area contributed by atoms with Crippen LogP contribution in [0.3, 0.4) is 0 Å². The van der Waals surface area contributed by atoms with E-state index in [2.05, 4.69) is 56.5 Å². The summed E-state index contributed by atoms with van der Waals surface area (Å²) in [6.45, 7) is 15.9. The second kappa shape index (κ2) is 7.92. The predicted molar refractivity (Wildman–Crippen MR) is 91.6 cm³/mol. The van der Waals surface area contributed by atoms with Crippen LogP contribution in [0.25, 0.3) is 0 Å². The number of aryl methyl sites for hydroxylation is 1. The molecule has 124 valence electrons. The molecule has 21 heavy (non-hydrogen) atoms. The lowest BCUT2D eigenvalue weighted by Gasteiger charge is -2.38. The van der Waals surface area contributed by atoms with Crippen LogP contribution in [0.2, 0.25) is 0 Å². The van der Waals surface area contributed by atoms with E-state index in [0.717, 1.165) is 5.82 Å². The van der Waals surface area contributed by atoms with Gasteiger partial charge in [-0.05, 0) is 46.7 Å². The third kappa shape index (κ3) is 6.60. The van der Waals surface area contributed by atoms with Crippen LogP contribution >= 0.6 is 0 Å². The highest BCUT2D eigenvalue weighted by molar-refractivity contribution is 4.99. The monoisotopic (exact) mass is 296 g/mol. The van der Waals surface area contributed by atoms with Gasteiger partial charge in [0, 0.05) is 18.0 Å². The molecule has 0 N–H and O–H groups in total. The van der Waals surface area contributed by atoms with E-state index in [1.807, 2.05) is 7.05 Å². The van der Waals surface area contributed by atoms with Crippen LogP contribution in [0.1, 0.15) is 74.1 Å². The Labute approximate surface area is 131 Å². The van der Waals surface area contributed by atoms with Crippen molar-refractivity contribution >= 4 is 0 Å². The van der Waals surface area contributed by atoms with Gasteiger partial charge in [0.25, 0.3) is 0 Å². The summed E-state index contributed by atoms with van der Waals surface area (Å²) in [6, 6.07) is 0. The van der Waals surface area contributed by atoms with E-state index >= 15 is 0 Å². The molecule has 0 bridgehead atoms. The molecule has 1 saturated heterocycles. The van der Waals surface area contributed by atoms with Gasteiger partial charge in [-0.3, -0.25) is 9.58 Å². The highest BCUT2D eigenvalue weighted by Crippen LogP contribution is 2.19. The van der Waals surface area contributed by atoms with Crippen LogP contribution in [0, 0.1) is 0 Å². The zero-order valence-corrected chi connectivity index (χ0v) is 14.4. The van der Waals surface area contributed by atoms with Gasteiger partial charge in [0.15, 0.2) is 0 Å². The molecule has 0 spiro atoms. The van der Waals surface area contributed by atoms with Gasteiger partial charge in [-0.25, -0.2) is 4.98 Å². The van der Waals surface area contributed by atoms with Crippen molar-refractivity contribution in [2.75, 3.05) is 13.1 Å². The Morgan fingerprint density at radius 1 is 0.952 bits per heavy atom. The van der Waals surface area contributed by atoms with E-state index < -0.39 is 0 Å². The van der Waals surface area contributed by atoms with Gasteiger partial charge in [0.05, 0.1) is 0 Å². The SMILES string of the molecule is C.CC(C)(C)N1CCCCC1.Cn1ncnc1C(C)(C)C. The normalized spacial score (nSPS) is 16.7. The minimum absolute atomic E-state index is 0. The van der Waals surface area contributed by atoms with Crippen LogP contribution in [0.4, 0.5) is 0 Å². The fourth-order valence-electron chi connectivity index (χ4n) is 2.54. The summed E-state index contributed by atoms with van der Waals surface area (Å²) in [7, 11) is 1.91. The first kappa shape index (κ1) is 20.1. The van der Waals surface area contributed by atoms with E-state index in [4.69, 9.17) is 0 Å². The van der Waals surface area contributed by atoms with E-state index in [-0.39, 0.29) is 12.8 Å². The summed E-state index contributed by atoms with van der Waals surface area (Å²) >= 11 is 0. The maximum atomic E-state index is 4.14. The Balaban J connectivity index is 0.000000364. The Bertz CT molecular complexity index is 390. The number of nitrogens with zero attached hydrogens (tertiary/aromatic N) is 4. The molecule has 1 aliphatic rings. The molecule has 0 unspecified atom stereocenters. The molecule has 1 fully saturated rings. The Kier molecular flexibility index (Phi) is 7.58. The largest absolute Gasteiger partial charge is 0.298 e. The van der Waals surface area contributed by atoms with E-state index in [9.17, 15) is 0 Å². The Morgan fingerprint density at radius 2 is 1.48 bits per heavy atom. The molecule has 2 heterocycles. The average Bonchev–Trinajstić information content (AvgIpc) is 2.76. The molecule has 4 nitrogen and oxygen atoms in total. The van der Waals surface area contributed by atoms with Gasteiger partial charge in [-0.1, -0.05) is 34.6 Å². The topological polar surface area (TPSA) is 34.0 Å². The van der Waals surface area contributed by atoms with Crippen molar-refractivity contribution in [3.63, 3.8) is 0 Å². The van der Waals surface area contributed by atoms with Crippen molar-refractivity contribution in [2.24, 2.45) is 7.05 Å². The number of rotatable bonds is 0. The average molecular weight is 297 g/mol. The molecule has 4 heteroatoms. The van der Waals surface area contributed by atoms with Crippen LogP contribution in [-0.4, -0.2) is 38.3 Å². The summed E-state index contributed by atoms with van der Waals surface area (Å²) in [6.07, 6.45) is 5.82. The number of hydrogen-bond acceptors (Lipinski definition) is 3. The van der Waals surface area contributed by atoms with Crippen molar-refractivity contribution in [2.45, 2.75) is 79.2 Å². The van der Waals surface area contributed by atoms with Gasteiger partial charge < -0.3 is 0 Å². The molecule has 0 atom stereocenters. The first-order valence-corrected chi connectivity index (χ1v) is 7.72. The molecule has 1 aliphatic heterocycles. The molecule has 1 aromatic heterocycles. The van der Waals surface area contributed by atoms with Crippen molar-refractivity contribution in [1.82, 2.24) is 19.7 Å². The lowest BCUT2D eigenvalue weighted by Crippen LogP contribution is -2.44. The number of aromatic nitrogens is 3. The third-order valence-electron chi connectivity index (χ3n) is 3.69. The second-order valence-corrected chi connectivity index (χ2v) is 7.68. The van der Waals surface area contributed by atoms with Crippen molar-refractivity contribution in [3.05, 3.63) is 12.2 Å². The molecule has 0 aliphatic carbocycles. The van der Waals surface area contributed by atoms with Crippen LogP contribution in [0.15, 0.2) is 6.33 Å². The van der Waals surface area contributed by atoms with Gasteiger partial charge >= 0.3 is 0 Å². The summed E-state index contributed by atoms with van der Waals surface area (Å²) in [4.78, 5) is 6.72. The summed E-state index contributed by atoms with van der Waals surface area (Å²) in [5.74, 6) is 1.02. The second-order valence-electron chi connectivity index (χ2n) is 7.68. The van der Waals surface area contributed by atoms with Crippen molar-refractivity contribution < 1.29 is 0 Å². The fourth-order valence-corrected chi connectivity index (χ4v) is 2.54. The number of hydrogen-bond donors (Lipinski definition) is 0. The minimum atomic E-state index is 0. The van der Waals surface area contributed by atoms with E-state index in [0.29, 0.717) is 5.54 Å². The molecular weight excluding hydrogens is 260 g/mol. The predicted octanol–water partition coefficient (Wildman–Crippen LogP) is 4.02. The Hall–Kier alpha value is -0.900. The molecule has 2 rings (SSSR count). The third-order valence-corrected chi connectivity index (χ3v) is 3.69. The quantitative estimate of drug-likeness (QED) is 0.725. The molecule has 1 aromatic rings. The van der Waals surface area contributed by atoms with Gasteiger partial charge in [0.1, 0.15) is 12.2 Å². The van der Waals surface area contributed by atoms with Crippen molar-refractivity contribution in [3.8, 4) is 0 Å². The summed E-state index contributed by atoms with van der Waals surface area (Å²) in [5.41, 5.74) is 0.506. The molecule has 0 saturated carbocycles. The van der Waals surface area contributed by atoms with Crippen LogP contribution in [0.5, 0.6) is 0 Å². The van der Waals surface area contributed by atoms with E-state index in [1.54, 1.807) is 11.0 Å². The molecule has 0 aromatic carbocycles. The van der Waals surface area contributed by atoms with Gasteiger partial charge in [0.2, 0.25) is 0 Å². The van der Waals surface area contributed by atoms with E-state index in [1.165, 1.54) is 32.4 Å². The standard InChI is InChI=1S/C9H19N.C7H13N3.CH4/c1-9(2,3)10-7-5-4-6-8-10;1-7(2,3)6-8-5-9-10(6)4;/h4-8H2,1-3H3;5H,1-4H3;1H4. The van der Waals surface area contributed by atoms with Gasteiger partial charge in [-0.15, -0.1) is 0 Å². The highest BCUT2D eigenvalue weighted by atomic mass is 15.3. The fraction of sp³-hybridized carbons (Fsp3) is 0.882. The highest BCUT2D eigenvalue weighted by Gasteiger charge is 2.22. The van der Waals surface area contributed by atoms with Crippen LogP contribution in [-0.2, 0) is 12.5 Å². The lowest BCUT2D eigenvalue weighted by atomic mass is 9.96. The van der Waals surface area contributed by atoms with Crippen LogP contribution < -0.4 is 0 Å². The molecule has 0 amide bonds. The lowest BCUT2D eigenvalue weighted by molar-refractivity contribution is 0.111. The van der Waals surface area contributed by atoms with Gasteiger partial charge in [-0.2, -0.15) is 5.10 Å². The first-order chi connectivity index (χ1) is 9.12. The maximum absolute atomic E-state index is 4.14. The maximum Gasteiger partial charge on any atom is 0.138 e. The molecule has 0 radical (unpaired) electrons. The number of piperidine rings is 1. The number of likely N-dealkylation sites (tertiary alicyclic amines) is 1. The van der Waals surface area contributed by atoms with Crippen molar-refractivity contribution in [1.29, 1.82) is 0 Å².